The quantitative estimate of drug-likeness (QED) is 0.803. The van der Waals surface area contributed by atoms with E-state index in [4.69, 9.17) is 16.3 Å². The van der Waals surface area contributed by atoms with Gasteiger partial charge in [0.2, 0.25) is 5.91 Å². The largest absolute Gasteiger partial charge is 0.497 e. The molecule has 1 aromatic carbocycles. The Morgan fingerprint density at radius 1 is 1.22 bits per heavy atom. The number of anilines is 1. The fourth-order valence-corrected chi connectivity index (χ4v) is 4.76. The summed E-state index contributed by atoms with van der Waals surface area (Å²) in [4.78, 5) is 21.4. The van der Waals surface area contributed by atoms with Gasteiger partial charge in [-0.25, -0.2) is 4.98 Å². The van der Waals surface area contributed by atoms with Crippen molar-refractivity contribution >= 4 is 23.3 Å². The van der Waals surface area contributed by atoms with Crippen LogP contribution in [0.15, 0.2) is 42.6 Å². The maximum absolute atomic E-state index is 12.6. The highest BCUT2D eigenvalue weighted by Crippen LogP contribution is 2.46. The van der Waals surface area contributed by atoms with E-state index in [9.17, 15) is 4.79 Å². The minimum atomic E-state index is 0.0841. The molecule has 2 aromatic rings. The molecule has 6 heteroatoms. The summed E-state index contributed by atoms with van der Waals surface area (Å²) in [5.41, 5.74) is 1.17. The van der Waals surface area contributed by atoms with E-state index in [-0.39, 0.29) is 11.9 Å². The van der Waals surface area contributed by atoms with Crippen molar-refractivity contribution in [1.29, 1.82) is 0 Å². The van der Waals surface area contributed by atoms with Crippen molar-refractivity contribution < 1.29 is 9.53 Å². The lowest BCUT2D eigenvalue weighted by molar-refractivity contribution is -0.132. The molecule has 0 aliphatic carbocycles. The fraction of sp³-hybridized carbons (Fsp3) is 0.429. The molecule has 3 heterocycles. The summed E-state index contributed by atoms with van der Waals surface area (Å²) in [6, 6.07) is 11.9. The number of hydrogen-bond acceptors (Lipinski definition) is 4. The van der Waals surface area contributed by atoms with Gasteiger partial charge in [-0.15, -0.1) is 0 Å². The monoisotopic (exact) mass is 385 g/mol. The van der Waals surface area contributed by atoms with Crippen LogP contribution in [0, 0.1) is 11.8 Å². The number of nitrogens with zero attached hydrogens (tertiary/aromatic N) is 3. The molecule has 142 valence electrons. The Labute approximate surface area is 164 Å². The molecule has 2 fully saturated rings. The zero-order chi connectivity index (χ0) is 19.0. The van der Waals surface area contributed by atoms with E-state index >= 15 is 0 Å². The topological polar surface area (TPSA) is 45.7 Å². The van der Waals surface area contributed by atoms with E-state index in [2.05, 4.69) is 26.9 Å². The average Bonchev–Trinajstić information content (AvgIpc) is 3.25. The summed E-state index contributed by atoms with van der Waals surface area (Å²) < 4.78 is 5.29. The van der Waals surface area contributed by atoms with Gasteiger partial charge in [-0.05, 0) is 29.8 Å². The van der Waals surface area contributed by atoms with E-state index in [0.717, 1.165) is 31.2 Å². The standard InChI is InChI=1S/C21H24ClN3O2/c1-3-19(26)25-12-15-11-24(21-18(22)5-4-10-23-21)13-17(15)20(25)14-6-8-16(27-2)9-7-14/h4-10,15,17,20H,3,11-13H2,1-2H3/t15-,17-,20-/m0/s1. The van der Waals surface area contributed by atoms with Crippen molar-refractivity contribution in [3.05, 3.63) is 53.2 Å². The Kier molecular flexibility index (Phi) is 4.96. The minimum Gasteiger partial charge on any atom is -0.497 e. The van der Waals surface area contributed by atoms with Gasteiger partial charge in [-0.2, -0.15) is 0 Å². The van der Waals surface area contributed by atoms with Gasteiger partial charge >= 0.3 is 0 Å². The number of halogens is 1. The molecule has 0 N–H and O–H groups in total. The molecule has 0 spiro atoms. The maximum Gasteiger partial charge on any atom is 0.222 e. The summed E-state index contributed by atoms with van der Waals surface area (Å²) in [6.45, 7) is 4.45. The van der Waals surface area contributed by atoms with E-state index in [1.165, 1.54) is 5.56 Å². The van der Waals surface area contributed by atoms with Crippen molar-refractivity contribution in [2.75, 3.05) is 31.6 Å². The molecule has 4 rings (SSSR count). The first-order chi connectivity index (χ1) is 13.1. The number of methoxy groups -OCH3 is 1. The Morgan fingerprint density at radius 2 is 2.00 bits per heavy atom. The molecule has 2 aliphatic heterocycles. The van der Waals surface area contributed by atoms with Gasteiger partial charge in [0.25, 0.3) is 0 Å². The van der Waals surface area contributed by atoms with Gasteiger partial charge in [0.05, 0.1) is 18.2 Å². The summed E-state index contributed by atoms with van der Waals surface area (Å²) in [7, 11) is 1.67. The number of amides is 1. The van der Waals surface area contributed by atoms with Gasteiger partial charge in [-0.1, -0.05) is 30.7 Å². The Hall–Kier alpha value is -2.27. The molecule has 3 atom stereocenters. The second-order valence-corrected chi connectivity index (χ2v) is 7.66. The molecule has 1 aromatic heterocycles. The molecular formula is C21H24ClN3O2. The van der Waals surface area contributed by atoms with Gasteiger partial charge in [0.15, 0.2) is 0 Å². The van der Waals surface area contributed by atoms with Gasteiger partial charge in [-0.3, -0.25) is 4.79 Å². The number of pyridine rings is 1. The second kappa shape index (κ2) is 7.39. The van der Waals surface area contributed by atoms with Crippen LogP contribution in [0.5, 0.6) is 5.75 Å². The van der Waals surface area contributed by atoms with Crippen LogP contribution in [0.4, 0.5) is 5.82 Å². The Balaban J connectivity index is 1.64. The maximum atomic E-state index is 12.6. The van der Waals surface area contributed by atoms with E-state index in [0.29, 0.717) is 23.3 Å². The zero-order valence-electron chi connectivity index (χ0n) is 15.6. The second-order valence-electron chi connectivity index (χ2n) is 7.26. The van der Waals surface area contributed by atoms with E-state index < -0.39 is 0 Å². The van der Waals surface area contributed by atoms with Crippen LogP contribution in [0.2, 0.25) is 5.02 Å². The fourth-order valence-electron chi connectivity index (χ4n) is 4.52. The van der Waals surface area contributed by atoms with Gasteiger partial charge < -0.3 is 14.5 Å². The normalized spacial score (nSPS) is 24.2. The average molecular weight is 386 g/mol. The number of carbonyl (C=O) groups is 1. The van der Waals surface area contributed by atoms with Crippen LogP contribution in [-0.4, -0.2) is 42.5 Å². The van der Waals surface area contributed by atoms with Crippen LogP contribution in [0.1, 0.15) is 24.9 Å². The van der Waals surface area contributed by atoms with Gasteiger partial charge in [0.1, 0.15) is 11.6 Å². The molecule has 0 bridgehead atoms. The number of carbonyl (C=O) groups excluding carboxylic acids is 1. The highest BCUT2D eigenvalue weighted by molar-refractivity contribution is 6.32. The SMILES string of the molecule is CCC(=O)N1C[C@@H]2CN(c3ncccc3Cl)C[C@@H]2[C@@H]1c1ccc(OC)cc1. The Bertz CT molecular complexity index is 826. The summed E-state index contributed by atoms with van der Waals surface area (Å²) >= 11 is 6.37. The predicted molar refractivity (Wildman–Crippen MR) is 106 cm³/mol. The number of benzene rings is 1. The van der Waals surface area contributed by atoms with Crippen LogP contribution in [0.25, 0.3) is 0 Å². The number of hydrogen-bond donors (Lipinski definition) is 0. The molecule has 0 saturated carbocycles. The highest BCUT2D eigenvalue weighted by atomic mass is 35.5. The highest BCUT2D eigenvalue weighted by Gasteiger charge is 2.49. The van der Waals surface area contributed by atoms with Crippen molar-refractivity contribution in [3.8, 4) is 5.75 Å². The van der Waals surface area contributed by atoms with E-state index in [1.54, 1.807) is 13.3 Å². The molecule has 27 heavy (non-hydrogen) atoms. The molecule has 1 amide bonds. The number of likely N-dealkylation sites (tertiary alicyclic amines) is 1. The first kappa shape index (κ1) is 18.1. The van der Waals surface area contributed by atoms with Crippen molar-refractivity contribution in [1.82, 2.24) is 9.88 Å². The molecule has 2 aliphatic rings. The number of fused-ring (bicyclic) bond motifs is 1. The van der Waals surface area contributed by atoms with Crippen LogP contribution >= 0.6 is 11.6 Å². The molecule has 5 nitrogen and oxygen atoms in total. The molecular weight excluding hydrogens is 362 g/mol. The number of aromatic nitrogens is 1. The lowest BCUT2D eigenvalue weighted by atomic mass is 9.89. The minimum absolute atomic E-state index is 0.0841. The summed E-state index contributed by atoms with van der Waals surface area (Å²) in [5.74, 6) is 2.68. The van der Waals surface area contributed by atoms with Crippen molar-refractivity contribution in [2.24, 2.45) is 11.8 Å². The third kappa shape index (κ3) is 3.25. The van der Waals surface area contributed by atoms with Crippen LogP contribution in [-0.2, 0) is 4.79 Å². The van der Waals surface area contributed by atoms with Gasteiger partial charge in [0, 0.05) is 44.1 Å². The number of ether oxygens (including phenoxy) is 1. The number of rotatable bonds is 4. The molecule has 0 unspecified atom stereocenters. The first-order valence-electron chi connectivity index (χ1n) is 9.41. The van der Waals surface area contributed by atoms with Crippen molar-refractivity contribution in [3.63, 3.8) is 0 Å². The van der Waals surface area contributed by atoms with Crippen LogP contribution < -0.4 is 9.64 Å². The molecule has 2 saturated heterocycles. The lowest BCUT2D eigenvalue weighted by Crippen LogP contribution is -2.35. The lowest BCUT2D eigenvalue weighted by Gasteiger charge is -2.30. The first-order valence-corrected chi connectivity index (χ1v) is 9.79. The molecule has 0 radical (unpaired) electrons. The summed E-state index contributed by atoms with van der Waals surface area (Å²) in [6.07, 6.45) is 2.31. The zero-order valence-corrected chi connectivity index (χ0v) is 16.4. The Morgan fingerprint density at radius 3 is 2.67 bits per heavy atom. The smallest absolute Gasteiger partial charge is 0.222 e. The van der Waals surface area contributed by atoms with E-state index in [1.807, 2.05) is 31.2 Å². The third-order valence-corrected chi connectivity index (χ3v) is 6.08. The predicted octanol–water partition coefficient (Wildman–Crippen LogP) is 3.79. The van der Waals surface area contributed by atoms with Crippen molar-refractivity contribution in [2.45, 2.75) is 19.4 Å². The third-order valence-electron chi connectivity index (χ3n) is 5.78. The summed E-state index contributed by atoms with van der Waals surface area (Å²) in [5, 5.41) is 0.681. The van der Waals surface area contributed by atoms with Crippen LogP contribution in [0.3, 0.4) is 0 Å².